The minimum absolute atomic E-state index is 0.0339. The lowest BCUT2D eigenvalue weighted by Gasteiger charge is -2.37. The number of nitrogens with two attached hydrogens (primary N) is 1. The Hall–Kier alpha value is -1.56. The number of carbonyl (C=O) groups is 1. The highest BCUT2D eigenvalue weighted by Gasteiger charge is 2.30. The third-order valence-corrected chi connectivity index (χ3v) is 4.94. The molecule has 5 nitrogen and oxygen atoms in total. The second kappa shape index (κ2) is 7.13. The molecule has 1 aromatic carbocycles. The Bertz CT molecular complexity index is 744. The first-order valence-corrected chi connectivity index (χ1v) is 8.79. The molecule has 0 bridgehead atoms. The number of benzene rings is 1. The lowest BCUT2D eigenvalue weighted by molar-refractivity contribution is 0.0584. The van der Waals surface area contributed by atoms with Crippen LogP contribution in [0.5, 0.6) is 0 Å². The Morgan fingerprint density at radius 1 is 1.38 bits per heavy atom. The van der Waals surface area contributed by atoms with Crippen molar-refractivity contribution in [3.05, 3.63) is 46.2 Å². The van der Waals surface area contributed by atoms with Crippen molar-refractivity contribution in [2.75, 3.05) is 6.54 Å². The van der Waals surface area contributed by atoms with Gasteiger partial charge in [0.05, 0.1) is 22.5 Å². The first kappa shape index (κ1) is 17.3. The van der Waals surface area contributed by atoms with Crippen LogP contribution in [0.3, 0.4) is 0 Å². The first-order valence-electron chi connectivity index (χ1n) is 8.04. The van der Waals surface area contributed by atoms with Gasteiger partial charge in [0.2, 0.25) is 0 Å². The highest BCUT2D eigenvalue weighted by molar-refractivity contribution is 6.35. The van der Waals surface area contributed by atoms with Gasteiger partial charge >= 0.3 is 0 Å². The summed E-state index contributed by atoms with van der Waals surface area (Å²) >= 11 is 12.1. The van der Waals surface area contributed by atoms with E-state index in [1.807, 2.05) is 11.8 Å². The standard InChI is InChI=1S/C17H20Cl2N4O/c1-11(20)15-4-2-3-7-22(15)17(24)12-9-21-23(10-12)16-6-5-13(18)8-14(16)19/h5-6,8-11,15H,2-4,7,20H2,1H3. The molecule has 2 aromatic rings. The number of aromatic nitrogens is 2. The summed E-state index contributed by atoms with van der Waals surface area (Å²) in [5.74, 6) is -0.0339. The zero-order chi connectivity index (χ0) is 17.3. The van der Waals surface area contributed by atoms with Crippen molar-refractivity contribution in [2.24, 2.45) is 5.73 Å². The molecule has 0 saturated carbocycles. The van der Waals surface area contributed by atoms with Crippen LogP contribution < -0.4 is 5.73 Å². The van der Waals surface area contributed by atoms with Crippen LogP contribution in [-0.4, -0.2) is 39.2 Å². The molecule has 3 rings (SSSR count). The Morgan fingerprint density at radius 3 is 2.88 bits per heavy atom. The normalized spacial score (nSPS) is 19.3. The molecule has 0 aliphatic carbocycles. The summed E-state index contributed by atoms with van der Waals surface area (Å²) in [4.78, 5) is 14.7. The van der Waals surface area contributed by atoms with Crippen LogP contribution >= 0.6 is 23.2 Å². The van der Waals surface area contributed by atoms with Crippen molar-refractivity contribution in [1.82, 2.24) is 14.7 Å². The average Bonchev–Trinajstić information content (AvgIpc) is 3.03. The number of likely N-dealkylation sites (tertiary alicyclic amines) is 1. The van der Waals surface area contributed by atoms with Gasteiger partial charge in [-0.1, -0.05) is 23.2 Å². The first-order chi connectivity index (χ1) is 11.5. The van der Waals surface area contributed by atoms with Gasteiger partial charge in [-0.05, 0) is 44.4 Å². The molecule has 7 heteroatoms. The van der Waals surface area contributed by atoms with Crippen molar-refractivity contribution in [2.45, 2.75) is 38.3 Å². The van der Waals surface area contributed by atoms with Crippen LogP contribution in [0.1, 0.15) is 36.5 Å². The van der Waals surface area contributed by atoms with Gasteiger partial charge in [0.1, 0.15) is 0 Å². The van der Waals surface area contributed by atoms with E-state index in [0.29, 0.717) is 21.3 Å². The molecular weight excluding hydrogens is 347 g/mol. The number of carbonyl (C=O) groups excluding carboxylic acids is 1. The minimum Gasteiger partial charge on any atom is -0.334 e. The van der Waals surface area contributed by atoms with Crippen LogP contribution in [0.2, 0.25) is 10.0 Å². The second-order valence-corrected chi connectivity index (χ2v) is 7.03. The number of amides is 1. The van der Waals surface area contributed by atoms with Gasteiger partial charge < -0.3 is 10.6 Å². The van der Waals surface area contributed by atoms with E-state index in [2.05, 4.69) is 5.10 Å². The van der Waals surface area contributed by atoms with E-state index in [0.717, 1.165) is 25.8 Å². The minimum atomic E-state index is -0.0463. The molecule has 2 unspecified atom stereocenters. The molecule has 1 aromatic heterocycles. The lowest BCUT2D eigenvalue weighted by Crippen LogP contribution is -2.51. The number of rotatable bonds is 3. The van der Waals surface area contributed by atoms with Gasteiger partial charge in [-0.3, -0.25) is 4.79 Å². The molecule has 1 fully saturated rings. The number of piperidine rings is 1. The van der Waals surface area contributed by atoms with Crippen LogP contribution in [-0.2, 0) is 0 Å². The van der Waals surface area contributed by atoms with Gasteiger partial charge in [-0.15, -0.1) is 0 Å². The molecule has 0 spiro atoms. The Morgan fingerprint density at radius 2 is 2.17 bits per heavy atom. The molecule has 24 heavy (non-hydrogen) atoms. The fourth-order valence-corrected chi connectivity index (χ4v) is 3.65. The monoisotopic (exact) mass is 366 g/mol. The number of hydrogen-bond donors (Lipinski definition) is 1. The third-order valence-electron chi connectivity index (χ3n) is 4.40. The summed E-state index contributed by atoms with van der Waals surface area (Å²) in [6.07, 6.45) is 6.33. The lowest BCUT2D eigenvalue weighted by atomic mass is 9.96. The third kappa shape index (κ3) is 3.43. The van der Waals surface area contributed by atoms with E-state index < -0.39 is 0 Å². The largest absolute Gasteiger partial charge is 0.334 e. The molecule has 2 N–H and O–H groups in total. The Kier molecular flexibility index (Phi) is 5.13. The molecule has 1 amide bonds. The van der Waals surface area contributed by atoms with Crippen molar-refractivity contribution in [3.63, 3.8) is 0 Å². The molecule has 2 atom stereocenters. The van der Waals surface area contributed by atoms with E-state index in [1.54, 1.807) is 35.3 Å². The zero-order valence-corrected chi connectivity index (χ0v) is 15.0. The van der Waals surface area contributed by atoms with E-state index in [1.165, 1.54) is 0 Å². The fourth-order valence-electron chi connectivity index (χ4n) is 3.15. The molecule has 0 radical (unpaired) electrons. The number of hydrogen-bond acceptors (Lipinski definition) is 3. The fraction of sp³-hybridized carbons (Fsp3) is 0.412. The summed E-state index contributed by atoms with van der Waals surface area (Å²) < 4.78 is 1.59. The molecule has 1 saturated heterocycles. The maximum absolute atomic E-state index is 12.9. The second-order valence-electron chi connectivity index (χ2n) is 6.19. The summed E-state index contributed by atoms with van der Waals surface area (Å²) in [5.41, 5.74) is 7.28. The van der Waals surface area contributed by atoms with E-state index >= 15 is 0 Å². The molecule has 1 aliphatic rings. The highest BCUT2D eigenvalue weighted by atomic mass is 35.5. The van der Waals surface area contributed by atoms with Crippen LogP contribution in [0, 0.1) is 0 Å². The van der Waals surface area contributed by atoms with Gasteiger partial charge in [0, 0.05) is 29.8 Å². The highest BCUT2D eigenvalue weighted by Crippen LogP contribution is 2.25. The number of nitrogens with zero attached hydrogens (tertiary/aromatic N) is 3. The summed E-state index contributed by atoms with van der Waals surface area (Å²) in [7, 11) is 0. The Balaban J connectivity index is 1.85. The van der Waals surface area contributed by atoms with Crippen molar-refractivity contribution in [1.29, 1.82) is 0 Å². The Labute approximate surface area is 151 Å². The van der Waals surface area contributed by atoms with Gasteiger partial charge in [-0.25, -0.2) is 4.68 Å². The van der Waals surface area contributed by atoms with Crippen molar-refractivity contribution in [3.8, 4) is 5.69 Å². The van der Waals surface area contributed by atoms with E-state index in [9.17, 15) is 4.79 Å². The molecule has 2 heterocycles. The molecule has 1 aliphatic heterocycles. The van der Waals surface area contributed by atoms with E-state index in [4.69, 9.17) is 28.9 Å². The predicted molar refractivity (Wildman–Crippen MR) is 95.9 cm³/mol. The SMILES string of the molecule is CC(N)C1CCCCN1C(=O)c1cnn(-c2ccc(Cl)cc2Cl)c1. The smallest absolute Gasteiger partial charge is 0.257 e. The number of halogens is 2. The van der Waals surface area contributed by atoms with E-state index in [-0.39, 0.29) is 18.0 Å². The summed E-state index contributed by atoms with van der Waals surface area (Å²) in [6.45, 7) is 2.69. The molecular formula is C17H20Cl2N4O. The van der Waals surface area contributed by atoms with Crippen LogP contribution in [0.4, 0.5) is 0 Å². The topological polar surface area (TPSA) is 64.2 Å². The van der Waals surface area contributed by atoms with Crippen molar-refractivity contribution < 1.29 is 4.79 Å². The summed E-state index contributed by atoms with van der Waals surface area (Å²) in [5, 5.41) is 5.31. The average molecular weight is 367 g/mol. The van der Waals surface area contributed by atoms with Crippen LogP contribution in [0.15, 0.2) is 30.6 Å². The van der Waals surface area contributed by atoms with Gasteiger partial charge in [0.25, 0.3) is 5.91 Å². The zero-order valence-electron chi connectivity index (χ0n) is 13.5. The maximum Gasteiger partial charge on any atom is 0.257 e. The quantitative estimate of drug-likeness (QED) is 0.903. The maximum atomic E-state index is 12.9. The van der Waals surface area contributed by atoms with Crippen LogP contribution in [0.25, 0.3) is 5.69 Å². The van der Waals surface area contributed by atoms with Gasteiger partial charge in [0.15, 0.2) is 0 Å². The van der Waals surface area contributed by atoms with Gasteiger partial charge in [-0.2, -0.15) is 5.10 Å². The van der Waals surface area contributed by atoms with Crippen molar-refractivity contribution >= 4 is 29.1 Å². The predicted octanol–water partition coefficient (Wildman–Crippen LogP) is 3.52. The molecule has 128 valence electrons. The summed E-state index contributed by atoms with van der Waals surface area (Å²) in [6, 6.07) is 5.20.